The van der Waals surface area contributed by atoms with Crippen molar-refractivity contribution < 1.29 is 0 Å². The van der Waals surface area contributed by atoms with Gasteiger partial charge >= 0.3 is 0 Å². The van der Waals surface area contributed by atoms with Crippen LogP contribution in [0.4, 0.5) is 0 Å². The van der Waals surface area contributed by atoms with Crippen molar-refractivity contribution in [2.45, 2.75) is 38.3 Å². The van der Waals surface area contributed by atoms with Crippen molar-refractivity contribution in [3.63, 3.8) is 0 Å². The first-order valence-corrected chi connectivity index (χ1v) is 9.94. The van der Waals surface area contributed by atoms with E-state index in [1.165, 1.54) is 12.0 Å². The Morgan fingerprint density at radius 1 is 0.893 bits per heavy atom. The average molecular weight is 365 g/mol. The van der Waals surface area contributed by atoms with Crippen molar-refractivity contribution in [1.82, 2.24) is 4.90 Å². The van der Waals surface area contributed by atoms with Gasteiger partial charge in [-0.2, -0.15) is 10.5 Å². The standard InChI is InChI=1S/C25H23N3/c26-16-21(17-27)23-15-25(20-11-5-2-6-12-20)28(18-19-9-3-1-4-10-19)24-14-8-7-13-22(23)24/h1-6,9-12,15,22,24H,7-8,13-14,18H2/t22-,24-/m0/s1. The first-order valence-electron chi connectivity index (χ1n) is 9.94. The van der Waals surface area contributed by atoms with Gasteiger partial charge in [-0.15, -0.1) is 0 Å². The molecule has 1 heterocycles. The number of fused-ring (bicyclic) bond motifs is 1. The Kier molecular flexibility index (Phi) is 5.27. The van der Waals surface area contributed by atoms with E-state index in [0.717, 1.165) is 42.6 Å². The minimum Gasteiger partial charge on any atom is -0.363 e. The van der Waals surface area contributed by atoms with Crippen LogP contribution in [0.1, 0.15) is 36.8 Å². The monoisotopic (exact) mass is 365 g/mol. The lowest BCUT2D eigenvalue weighted by Crippen LogP contribution is -2.44. The molecule has 28 heavy (non-hydrogen) atoms. The summed E-state index contributed by atoms with van der Waals surface area (Å²) in [4.78, 5) is 2.50. The van der Waals surface area contributed by atoms with Crippen LogP contribution in [0.3, 0.4) is 0 Å². The number of allylic oxidation sites excluding steroid dienone is 2. The summed E-state index contributed by atoms with van der Waals surface area (Å²) < 4.78 is 0. The highest BCUT2D eigenvalue weighted by Gasteiger charge is 2.38. The van der Waals surface area contributed by atoms with E-state index < -0.39 is 0 Å². The number of rotatable bonds is 3. The third kappa shape index (κ3) is 3.45. The summed E-state index contributed by atoms with van der Waals surface area (Å²) in [5, 5.41) is 19.1. The molecule has 3 nitrogen and oxygen atoms in total. The Hall–Kier alpha value is -3.30. The van der Waals surface area contributed by atoms with Crippen molar-refractivity contribution in [1.29, 1.82) is 10.5 Å². The summed E-state index contributed by atoms with van der Waals surface area (Å²) in [6.07, 6.45) is 6.58. The summed E-state index contributed by atoms with van der Waals surface area (Å²) in [7, 11) is 0. The lowest BCUT2D eigenvalue weighted by Gasteiger charge is -2.46. The number of benzene rings is 2. The summed E-state index contributed by atoms with van der Waals surface area (Å²) >= 11 is 0. The largest absolute Gasteiger partial charge is 0.363 e. The zero-order valence-corrected chi connectivity index (χ0v) is 15.9. The van der Waals surface area contributed by atoms with Crippen molar-refractivity contribution >= 4 is 5.70 Å². The predicted molar refractivity (Wildman–Crippen MR) is 110 cm³/mol. The van der Waals surface area contributed by atoms with Crippen LogP contribution in [0.5, 0.6) is 0 Å². The molecule has 0 unspecified atom stereocenters. The summed E-state index contributed by atoms with van der Waals surface area (Å²) in [6, 6.07) is 25.5. The summed E-state index contributed by atoms with van der Waals surface area (Å²) in [5.74, 6) is 0.249. The molecule has 1 aliphatic heterocycles. The van der Waals surface area contributed by atoms with E-state index in [1.807, 2.05) is 24.3 Å². The van der Waals surface area contributed by atoms with E-state index >= 15 is 0 Å². The topological polar surface area (TPSA) is 50.8 Å². The normalized spacial score (nSPS) is 21.1. The van der Waals surface area contributed by atoms with Gasteiger partial charge in [-0.1, -0.05) is 73.5 Å². The summed E-state index contributed by atoms with van der Waals surface area (Å²) in [5.41, 5.74) is 4.73. The second kappa shape index (κ2) is 8.15. The average Bonchev–Trinajstić information content (AvgIpc) is 2.77. The maximum absolute atomic E-state index is 9.55. The molecule has 3 heteroatoms. The van der Waals surface area contributed by atoms with Crippen molar-refractivity contribution in [2.24, 2.45) is 5.92 Å². The number of hydrogen-bond acceptors (Lipinski definition) is 3. The van der Waals surface area contributed by atoms with Crippen LogP contribution < -0.4 is 0 Å². The smallest absolute Gasteiger partial charge is 0.133 e. The van der Waals surface area contributed by atoms with E-state index in [9.17, 15) is 10.5 Å². The van der Waals surface area contributed by atoms with Crippen LogP contribution in [-0.4, -0.2) is 10.9 Å². The van der Waals surface area contributed by atoms with E-state index in [0.29, 0.717) is 6.04 Å². The van der Waals surface area contributed by atoms with Gasteiger partial charge in [-0.25, -0.2) is 0 Å². The first kappa shape index (κ1) is 18.1. The molecule has 1 aliphatic carbocycles. The van der Waals surface area contributed by atoms with Gasteiger partial charge in [0.05, 0.1) is 0 Å². The fraction of sp³-hybridized carbons (Fsp3) is 0.280. The molecule has 2 atom stereocenters. The molecule has 4 rings (SSSR count). The Bertz CT molecular complexity index is 958. The molecular formula is C25H23N3. The molecule has 0 N–H and O–H groups in total. The highest BCUT2D eigenvalue weighted by atomic mass is 15.2. The fourth-order valence-corrected chi connectivity index (χ4v) is 4.62. The minimum absolute atomic E-state index is 0.249. The van der Waals surface area contributed by atoms with Gasteiger partial charge in [0.2, 0.25) is 0 Å². The van der Waals surface area contributed by atoms with Gasteiger partial charge in [0.25, 0.3) is 0 Å². The van der Waals surface area contributed by atoms with Crippen LogP contribution in [0.2, 0.25) is 0 Å². The second-order valence-electron chi connectivity index (χ2n) is 7.52. The van der Waals surface area contributed by atoms with Crippen LogP contribution in [-0.2, 0) is 6.54 Å². The van der Waals surface area contributed by atoms with Gasteiger partial charge in [-0.05, 0) is 35.6 Å². The lowest BCUT2D eigenvalue weighted by molar-refractivity contribution is 0.168. The Labute approximate surface area is 166 Å². The van der Waals surface area contributed by atoms with E-state index in [4.69, 9.17) is 0 Å². The summed E-state index contributed by atoms with van der Waals surface area (Å²) in [6.45, 7) is 0.838. The molecule has 2 aromatic rings. The maximum Gasteiger partial charge on any atom is 0.133 e. The van der Waals surface area contributed by atoms with Crippen molar-refractivity contribution in [3.8, 4) is 12.1 Å². The molecule has 1 saturated carbocycles. The second-order valence-corrected chi connectivity index (χ2v) is 7.52. The van der Waals surface area contributed by atoms with Gasteiger partial charge < -0.3 is 4.90 Å². The molecule has 138 valence electrons. The molecule has 0 aromatic heterocycles. The van der Waals surface area contributed by atoms with Gasteiger partial charge in [0, 0.05) is 24.2 Å². The molecule has 0 amide bonds. The Morgan fingerprint density at radius 2 is 1.54 bits per heavy atom. The number of hydrogen-bond donors (Lipinski definition) is 0. The zero-order valence-electron chi connectivity index (χ0n) is 15.9. The predicted octanol–water partition coefficient (Wildman–Crippen LogP) is 5.45. The lowest BCUT2D eigenvalue weighted by atomic mass is 9.74. The Morgan fingerprint density at radius 3 is 2.21 bits per heavy atom. The molecule has 0 saturated heterocycles. The molecule has 2 aliphatic rings. The maximum atomic E-state index is 9.55. The molecule has 0 bridgehead atoms. The third-order valence-electron chi connectivity index (χ3n) is 5.91. The van der Waals surface area contributed by atoms with Crippen LogP contribution in [0.25, 0.3) is 5.70 Å². The van der Waals surface area contributed by atoms with Crippen LogP contribution >= 0.6 is 0 Å². The van der Waals surface area contributed by atoms with Crippen LogP contribution in [0, 0.1) is 28.6 Å². The molecule has 0 spiro atoms. The van der Waals surface area contributed by atoms with Crippen LogP contribution in [0.15, 0.2) is 77.9 Å². The first-order chi connectivity index (χ1) is 13.8. The quantitative estimate of drug-likeness (QED) is 0.680. The van der Waals surface area contributed by atoms with Crippen molar-refractivity contribution in [3.05, 3.63) is 89.0 Å². The van der Waals surface area contributed by atoms with Gasteiger partial charge in [0.15, 0.2) is 0 Å². The highest BCUT2D eigenvalue weighted by Crippen LogP contribution is 2.44. The van der Waals surface area contributed by atoms with Crippen molar-refractivity contribution in [2.75, 3.05) is 0 Å². The zero-order chi connectivity index (χ0) is 19.3. The molecule has 2 aromatic carbocycles. The van der Waals surface area contributed by atoms with Gasteiger partial charge in [-0.3, -0.25) is 0 Å². The number of nitrogens with zero attached hydrogens (tertiary/aromatic N) is 3. The fourth-order valence-electron chi connectivity index (χ4n) is 4.62. The SMILES string of the molecule is N#CC(C#N)=C1C=C(c2ccccc2)N(Cc2ccccc2)[C@H]2CCCC[C@@H]12. The van der Waals surface area contributed by atoms with E-state index in [2.05, 4.69) is 59.5 Å². The highest BCUT2D eigenvalue weighted by molar-refractivity contribution is 5.71. The molecular weight excluding hydrogens is 342 g/mol. The van der Waals surface area contributed by atoms with E-state index in [1.54, 1.807) is 0 Å². The number of nitriles is 2. The minimum atomic E-state index is 0.249. The molecule has 1 fully saturated rings. The van der Waals surface area contributed by atoms with Gasteiger partial charge in [0.1, 0.15) is 17.7 Å². The Balaban J connectivity index is 1.87. The van der Waals surface area contributed by atoms with E-state index in [-0.39, 0.29) is 11.5 Å². The third-order valence-corrected chi connectivity index (χ3v) is 5.91. The molecule has 0 radical (unpaired) electrons.